The highest BCUT2D eigenvalue weighted by molar-refractivity contribution is 7.89. The van der Waals surface area contributed by atoms with Crippen LogP contribution in [0.15, 0.2) is 58.3 Å². The predicted octanol–water partition coefficient (Wildman–Crippen LogP) is 4.68. The Labute approximate surface area is 204 Å². The highest BCUT2D eigenvalue weighted by atomic mass is 32.2. The first-order valence-corrected chi connectivity index (χ1v) is 15.3. The first-order valence-electron chi connectivity index (χ1n) is 12.3. The molecule has 34 heavy (non-hydrogen) atoms. The summed E-state index contributed by atoms with van der Waals surface area (Å²) in [4.78, 5) is 0.561. The Bertz CT molecular complexity index is 1080. The molecule has 2 fully saturated rings. The van der Waals surface area contributed by atoms with Crippen molar-refractivity contribution >= 4 is 20.0 Å². The molecular weight excluding hydrogens is 468 g/mol. The largest absolute Gasteiger partial charge is 0.240 e. The Morgan fingerprint density at radius 3 is 1.24 bits per heavy atom. The zero-order chi connectivity index (χ0) is 24.3. The summed E-state index contributed by atoms with van der Waals surface area (Å²) in [5, 5.41) is 0. The molecule has 0 aliphatic heterocycles. The lowest BCUT2D eigenvalue weighted by molar-refractivity contribution is 0.136. The minimum atomic E-state index is -3.64. The van der Waals surface area contributed by atoms with Gasteiger partial charge in [-0.2, -0.15) is 0 Å². The molecule has 2 aromatic carbocycles. The summed E-state index contributed by atoms with van der Waals surface area (Å²) in [6.07, 6.45) is 7.42. The van der Waals surface area contributed by atoms with Crippen LogP contribution in [0.5, 0.6) is 0 Å². The van der Waals surface area contributed by atoms with E-state index in [9.17, 15) is 16.8 Å². The van der Waals surface area contributed by atoms with Crippen LogP contribution >= 0.6 is 0 Å². The predicted molar refractivity (Wildman–Crippen MR) is 134 cm³/mol. The summed E-state index contributed by atoms with van der Waals surface area (Å²) in [6, 6.07) is 13.5. The highest BCUT2D eigenvalue weighted by Gasteiger charge is 2.40. The molecule has 2 N–H and O–H groups in total. The molecule has 0 bridgehead atoms. The molecule has 8 heteroatoms. The van der Waals surface area contributed by atoms with E-state index in [1.165, 1.54) is 0 Å². The van der Waals surface area contributed by atoms with E-state index in [1.54, 1.807) is 24.3 Å². The molecule has 4 rings (SSSR count). The maximum Gasteiger partial charge on any atom is 0.240 e. The minimum Gasteiger partial charge on any atom is -0.208 e. The lowest BCUT2D eigenvalue weighted by atomic mass is 9.69. The van der Waals surface area contributed by atoms with E-state index in [0.29, 0.717) is 0 Å². The van der Waals surface area contributed by atoms with Gasteiger partial charge >= 0.3 is 0 Å². The van der Waals surface area contributed by atoms with E-state index in [2.05, 4.69) is 9.44 Å². The van der Waals surface area contributed by atoms with Crippen molar-refractivity contribution in [1.29, 1.82) is 0 Å². The maximum atomic E-state index is 13.1. The third-order valence-electron chi connectivity index (χ3n) is 7.46. The second-order valence-electron chi connectivity index (χ2n) is 9.98. The monoisotopic (exact) mass is 504 g/mol. The second kappa shape index (κ2) is 10.5. The van der Waals surface area contributed by atoms with Crippen LogP contribution in [-0.4, -0.2) is 28.9 Å². The van der Waals surface area contributed by atoms with Gasteiger partial charge in [0.15, 0.2) is 0 Å². The summed E-state index contributed by atoms with van der Waals surface area (Å²) in [7, 11) is -7.27. The summed E-state index contributed by atoms with van der Waals surface area (Å²) in [5.74, 6) is 0.222. The fourth-order valence-electron chi connectivity index (χ4n) is 5.61. The normalized spacial score (nSPS) is 26.3. The van der Waals surface area contributed by atoms with Crippen molar-refractivity contribution in [1.82, 2.24) is 9.44 Å². The van der Waals surface area contributed by atoms with Crippen molar-refractivity contribution in [3.63, 3.8) is 0 Å². The van der Waals surface area contributed by atoms with Crippen molar-refractivity contribution in [2.45, 2.75) is 87.1 Å². The zero-order valence-corrected chi connectivity index (χ0v) is 21.7. The van der Waals surface area contributed by atoms with Crippen LogP contribution in [0.2, 0.25) is 0 Å². The molecule has 2 aliphatic carbocycles. The third kappa shape index (κ3) is 5.90. The molecule has 6 nitrogen and oxygen atoms in total. The Morgan fingerprint density at radius 2 is 0.882 bits per heavy atom. The van der Waals surface area contributed by atoms with Crippen molar-refractivity contribution in [2.75, 3.05) is 0 Å². The van der Waals surface area contributed by atoms with E-state index in [4.69, 9.17) is 0 Å². The molecular formula is C26H36N2O4S2. The molecule has 0 aromatic heterocycles. The van der Waals surface area contributed by atoms with Gasteiger partial charge in [-0.05, 0) is 75.6 Å². The minimum absolute atomic E-state index is 0.111. The number of rotatable bonds is 7. The van der Waals surface area contributed by atoms with E-state index in [0.717, 1.165) is 62.5 Å². The average Bonchev–Trinajstić information content (AvgIpc) is 2.80. The van der Waals surface area contributed by atoms with E-state index < -0.39 is 20.0 Å². The molecule has 2 aliphatic rings. The molecule has 0 spiro atoms. The summed E-state index contributed by atoms with van der Waals surface area (Å²) >= 11 is 0. The van der Waals surface area contributed by atoms with Crippen molar-refractivity contribution in [2.24, 2.45) is 11.8 Å². The second-order valence-corrected chi connectivity index (χ2v) is 13.4. The van der Waals surface area contributed by atoms with E-state index >= 15 is 0 Å². The summed E-state index contributed by atoms with van der Waals surface area (Å²) < 4.78 is 58.6. The lowest BCUT2D eigenvalue weighted by Crippen LogP contribution is -2.51. The van der Waals surface area contributed by atoms with Crippen molar-refractivity contribution in [3.8, 4) is 0 Å². The third-order valence-corrected chi connectivity index (χ3v) is 10.5. The molecule has 0 unspecified atom stereocenters. The van der Waals surface area contributed by atoms with Gasteiger partial charge in [0.1, 0.15) is 0 Å². The number of aryl methyl sites for hydroxylation is 2. The van der Waals surface area contributed by atoms with Crippen LogP contribution in [0, 0.1) is 25.7 Å². The maximum absolute atomic E-state index is 13.1. The van der Waals surface area contributed by atoms with Gasteiger partial charge in [-0.1, -0.05) is 61.1 Å². The van der Waals surface area contributed by atoms with Crippen molar-refractivity contribution < 1.29 is 16.8 Å². The first-order chi connectivity index (χ1) is 16.2. The number of benzene rings is 2. The molecule has 0 heterocycles. The first kappa shape index (κ1) is 25.4. The van der Waals surface area contributed by atoms with Crippen LogP contribution in [0.25, 0.3) is 0 Å². The van der Waals surface area contributed by atoms with Gasteiger partial charge in [0.2, 0.25) is 20.0 Å². The number of hydrogen-bond donors (Lipinski definition) is 2. The SMILES string of the molecule is Cc1ccc(S(=O)(=O)N[C@H]2CCCC[C@H]2[C@H]2CCCC[C@H]2NS(=O)(=O)c2ccc(C)cc2)cc1. The molecule has 0 saturated heterocycles. The molecule has 186 valence electrons. The van der Waals surface area contributed by atoms with Crippen LogP contribution < -0.4 is 9.44 Å². The van der Waals surface area contributed by atoms with Crippen LogP contribution in [0.1, 0.15) is 62.5 Å². The number of nitrogens with one attached hydrogen (secondary N) is 2. The quantitative estimate of drug-likeness (QED) is 0.573. The zero-order valence-electron chi connectivity index (χ0n) is 20.0. The van der Waals surface area contributed by atoms with Gasteiger partial charge in [0, 0.05) is 12.1 Å². The molecule has 2 aromatic rings. The van der Waals surface area contributed by atoms with Gasteiger partial charge < -0.3 is 0 Å². The van der Waals surface area contributed by atoms with Gasteiger partial charge in [0.25, 0.3) is 0 Å². The average molecular weight is 505 g/mol. The fourth-order valence-corrected chi connectivity index (χ4v) is 8.25. The highest BCUT2D eigenvalue weighted by Crippen LogP contribution is 2.39. The Balaban J connectivity index is 1.54. The van der Waals surface area contributed by atoms with Crippen LogP contribution in [-0.2, 0) is 20.0 Å². The van der Waals surface area contributed by atoms with Gasteiger partial charge in [-0.15, -0.1) is 0 Å². The van der Waals surface area contributed by atoms with E-state index in [1.807, 2.05) is 38.1 Å². The summed E-state index contributed by atoms with van der Waals surface area (Å²) in [5.41, 5.74) is 2.03. The molecule has 0 amide bonds. The smallest absolute Gasteiger partial charge is 0.208 e. The Hall–Kier alpha value is -1.74. The van der Waals surface area contributed by atoms with Gasteiger partial charge in [-0.3, -0.25) is 0 Å². The number of sulfonamides is 2. The van der Waals surface area contributed by atoms with Crippen LogP contribution in [0.3, 0.4) is 0 Å². The van der Waals surface area contributed by atoms with Gasteiger partial charge in [-0.25, -0.2) is 26.3 Å². The fraction of sp³-hybridized carbons (Fsp3) is 0.538. The number of hydrogen-bond acceptors (Lipinski definition) is 4. The lowest BCUT2D eigenvalue weighted by Gasteiger charge is -2.43. The van der Waals surface area contributed by atoms with Gasteiger partial charge in [0.05, 0.1) is 9.79 Å². The Morgan fingerprint density at radius 1 is 0.559 bits per heavy atom. The standard InChI is InChI=1S/C26H36N2O4S2/c1-19-11-15-21(16-12-19)33(29,30)27-25-9-5-3-7-23(25)24-8-4-6-10-26(24)28-34(31,32)22-17-13-20(2)14-18-22/h11-18,23-28H,3-10H2,1-2H3/t23-,24+,25-,26+. The molecule has 0 radical (unpaired) electrons. The summed E-state index contributed by atoms with van der Waals surface area (Å²) in [6.45, 7) is 3.86. The molecule has 4 atom stereocenters. The topological polar surface area (TPSA) is 92.3 Å². The van der Waals surface area contributed by atoms with E-state index in [-0.39, 0.29) is 33.7 Å². The van der Waals surface area contributed by atoms with Crippen LogP contribution in [0.4, 0.5) is 0 Å². The Kier molecular flexibility index (Phi) is 7.82. The van der Waals surface area contributed by atoms with Crippen molar-refractivity contribution in [3.05, 3.63) is 59.7 Å². The molecule has 2 saturated carbocycles.